The van der Waals surface area contributed by atoms with E-state index in [-0.39, 0.29) is 0 Å². The summed E-state index contributed by atoms with van der Waals surface area (Å²) in [6.07, 6.45) is 6.35. The standard InChI is InChI=1S/C15H23BrIN/c1-3-5-6-7-15(18-10-4-2)13-11-12(16)8-9-14(13)17/h8-9,11,15,18H,3-7,10H2,1-2H3. The summed E-state index contributed by atoms with van der Waals surface area (Å²) >= 11 is 6.03. The van der Waals surface area contributed by atoms with Gasteiger partial charge in [-0.05, 0) is 65.7 Å². The van der Waals surface area contributed by atoms with Crippen molar-refractivity contribution in [3.8, 4) is 0 Å². The second-order valence-corrected chi connectivity index (χ2v) is 6.75. The molecule has 0 aliphatic heterocycles. The minimum Gasteiger partial charge on any atom is -0.310 e. The Bertz CT molecular complexity index is 354. The molecular weight excluding hydrogens is 401 g/mol. The Morgan fingerprint density at radius 3 is 2.67 bits per heavy atom. The molecule has 1 aromatic carbocycles. The molecule has 0 saturated heterocycles. The number of halogens is 2. The number of hydrogen-bond donors (Lipinski definition) is 1. The van der Waals surface area contributed by atoms with E-state index < -0.39 is 0 Å². The van der Waals surface area contributed by atoms with E-state index in [2.05, 4.69) is 75.9 Å². The molecule has 0 heterocycles. The van der Waals surface area contributed by atoms with Gasteiger partial charge >= 0.3 is 0 Å². The molecule has 0 aromatic heterocycles. The molecule has 0 fully saturated rings. The summed E-state index contributed by atoms with van der Waals surface area (Å²) in [5.41, 5.74) is 1.44. The van der Waals surface area contributed by atoms with E-state index >= 15 is 0 Å². The zero-order chi connectivity index (χ0) is 13.4. The first-order valence-electron chi connectivity index (χ1n) is 6.87. The third-order valence-corrected chi connectivity index (χ3v) is 4.55. The number of hydrogen-bond acceptors (Lipinski definition) is 1. The van der Waals surface area contributed by atoms with Crippen molar-refractivity contribution in [3.05, 3.63) is 31.8 Å². The van der Waals surface area contributed by atoms with E-state index in [4.69, 9.17) is 0 Å². The molecule has 1 rings (SSSR count). The van der Waals surface area contributed by atoms with E-state index in [1.54, 1.807) is 0 Å². The van der Waals surface area contributed by atoms with Crippen molar-refractivity contribution in [2.75, 3.05) is 6.54 Å². The molecule has 0 aliphatic carbocycles. The Kier molecular flexibility index (Phi) is 8.51. The van der Waals surface area contributed by atoms with Crippen LogP contribution < -0.4 is 5.32 Å². The van der Waals surface area contributed by atoms with Gasteiger partial charge in [-0.2, -0.15) is 0 Å². The van der Waals surface area contributed by atoms with Crippen molar-refractivity contribution in [3.63, 3.8) is 0 Å². The van der Waals surface area contributed by atoms with Crippen molar-refractivity contribution in [1.82, 2.24) is 5.32 Å². The number of nitrogens with one attached hydrogen (secondary N) is 1. The van der Waals surface area contributed by atoms with Gasteiger partial charge in [-0.15, -0.1) is 0 Å². The largest absolute Gasteiger partial charge is 0.310 e. The number of unbranched alkanes of at least 4 members (excludes halogenated alkanes) is 2. The van der Waals surface area contributed by atoms with Crippen LogP contribution in [0.5, 0.6) is 0 Å². The zero-order valence-corrected chi connectivity index (χ0v) is 15.1. The third-order valence-electron chi connectivity index (χ3n) is 3.07. The molecule has 3 heteroatoms. The van der Waals surface area contributed by atoms with Gasteiger partial charge in [0.05, 0.1) is 0 Å². The fraction of sp³-hybridized carbons (Fsp3) is 0.600. The van der Waals surface area contributed by atoms with Crippen molar-refractivity contribution < 1.29 is 0 Å². The van der Waals surface area contributed by atoms with Crippen molar-refractivity contribution in [2.24, 2.45) is 0 Å². The molecule has 0 spiro atoms. The third kappa shape index (κ3) is 5.57. The zero-order valence-electron chi connectivity index (χ0n) is 11.3. The van der Waals surface area contributed by atoms with E-state index in [1.165, 1.54) is 45.7 Å². The summed E-state index contributed by atoms with van der Waals surface area (Å²) in [5.74, 6) is 0. The molecule has 0 radical (unpaired) electrons. The molecule has 1 N–H and O–H groups in total. The highest BCUT2D eigenvalue weighted by Crippen LogP contribution is 2.27. The predicted molar refractivity (Wildman–Crippen MR) is 92.0 cm³/mol. The maximum atomic E-state index is 3.69. The molecule has 1 nitrogen and oxygen atoms in total. The van der Waals surface area contributed by atoms with Crippen LogP contribution in [0.4, 0.5) is 0 Å². The Morgan fingerprint density at radius 2 is 2.00 bits per heavy atom. The predicted octanol–water partition coefficient (Wildman–Crippen LogP) is 5.67. The molecule has 102 valence electrons. The van der Waals surface area contributed by atoms with E-state index in [0.717, 1.165) is 6.54 Å². The van der Waals surface area contributed by atoms with Crippen LogP contribution in [0.15, 0.2) is 22.7 Å². The van der Waals surface area contributed by atoms with Gasteiger partial charge in [0, 0.05) is 14.1 Å². The van der Waals surface area contributed by atoms with Crippen LogP contribution in [-0.2, 0) is 0 Å². The van der Waals surface area contributed by atoms with Gasteiger partial charge in [0.15, 0.2) is 0 Å². The number of benzene rings is 1. The topological polar surface area (TPSA) is 12.0 Å². The van der Waals surface area contributed by atoms with Crippen LogP contribution in [-0.4, -0.2) is 6.54 Å². The molecular formula is C15H23BrIN. The summed E-state index contributed by atoms with van der Waals surface area (Å²) in [7, 11) is 0. The van der Waals surface area contributed by atoms with E-state index in [9.17, 15) is 0 Å². The molecule has 1 aromatic rings. The minimum atomic E-state index is 0.501. The van der Waals surface area contributed by atoms with Crippen LogP contribution >= 0.6 is 38.5 Å². The first-order chi connectivity index (χ1) is 8.69. The lowest BCUT2D eigenvalue weighted by atomic mass is 10.0. The summed E-state index contributed by atoms with van der Waals surface area (Å²) < 4.78 is 2.54. The molecule has 0 bridgehead atoms. The summed E-state index contributed by atoms with van der Waals surface area (Å²) in [6.45, 7) is 5.58. The maximum Gasteiger partial charge on any atom is 0.0331 e. The highest BCUT2D eigenvalue weighted by atomic mass is 127. The monoisotopic (exact) mass is 423 g/mol. The average Bonchev–Trinajstić information content (AvgIpc) is 2.37. The van der Waals surface area contributed by atoms with Gasteiger partial charge in [0.1, 0.15) is 0 Å². The lowest BCUT2D eigenvalue weighted by molar-refractivity contribution is 0.473. The Hall–Kier alpha value is 0.390. The Labute approximate surface area is 133 Å². The lowest BCUT2D eigenvalue weighted by Crippen LogP contribution is -2.23. The Balaban J connectivity index is 2.75. The minimum absolute atomic E-state index is 0.501. The van der Waals surface area contributed by atoms with Gasteiger partial charge in [-0.1, -0.05) is 49.0 Å². The highest BCUT2D eigenvalue weighted by Gasteiger charge is 2.13. The first-order valence-corrected chi connectivity index (χ1v) is 8.74. The average molecular weight is 424 g/mol. The normalized spacial score (nSPS) is 12.7. The quantitative estimate of drug-likeness (QED) is 0.419. The second kappa shape index (κ2) is 9.32. The molecule has 0 amide bonds. The first kappa shape index (κ1) is 16.4. The second-order valence-electron chi connectivity index (χ2n) is 4.67. The molecule has 18 heavy (non-hydrogen) atoms. The van der Waals surface area contributed by atoms with Crippen LogP contribution in [0.1, 0.15) is 57.6 Å². The number of rotatable bonds is 8. The highest BCUT2D eigenvalue weighted by molar-refractivity contribution is 14.1. The SMILES string of the molecule is CCCCCC(NCCC)c1cc(Br)ccc1I. The lowest BCUT2D eigenvalue weighted by Gasteiger charge is -2.20. The summed E-state index contributed by atoms with van der Waals surface area (Å²) in [6, 6.07) is 7.08. The fourth-order valence-corrected chi connectivity index (χ4v) is 3.16. The van der Waals surface area contributed by atoms with Crippen molar-refractivity contribution >= 4 is 38.5 Å². The van der Waals surface area contributed by atoms with Gasteiger partial charge < -0.3 is 5.32 Å². The molecule has 0 aliphatic rings. The van der Waals surface area contributed by atoms with E-state index in [1.807, 2.05) is 0 Å². The fourth-order valence-electron chi connectivity index (χ4n) is 2.07. The van der Waals surface area contributed by atoms with Gasteiger partial charge in [-0.3, -0.25) is 0 Å². The maximum absolute atomic E-state index is 3.69. The molecule has 0 saturated carbocycles. The van der Waals surface area contributed by atoms with Gasteiger partial charge in [0.25, 0.3) is 0 Å². The summed E-state index contributed by atoms with van der Waals surface area (Å²) in [4.78, 5) is 0. The van der Waals surface area contributed by atoms with E-state index in [0.29, 0.717) is 6.04 Å². The van der Waals surface area contributed by atoms with Crippen molar-refractivity contribution in [1.29, 1.82) is 0 Å². The summed E-state index contributed by atoms with van der Waals surface area (Å²) in [5, 5.41) is 3.69. The van der Waals surface area contributed by atoms with Gasteiger partial charge in [-0.25, -0.2) is 0 Å². The van der Waals surface area contributed by atoms with Crippen LogP contribution in [0.25, 0.3) is 0 Å². The van der Waals surface area contributed by atoms with Crippen LogP contribution in [0.3, 0.4) is 0 Å². The van der Waals surface area contributed by atoms with Crippen LogP contribution in [0.2, 0.25) is 0 Å². The Morgan fingerprint density at radius 1 is 1.22 bits per heavy atom. The van der Waals surface area contributed by atoms with Gasteiger partial charge in [0.2, 0.25) is 0 Å². The van der Waals surface area contributed by atoms with Crippen molar-refractivity contribution in [2.45, 2.75) is 52.0 Å². The molecule has 1 unspecified atom stereocenters. The molecule has 1 atom stereocenters. The van der Waals surface area contributed by atoms with Crippen LogP contribution in [0, 0.1) is 3.57 Å². The smallest absolute Gasteiger partial charge is 0.0331 e.